The van der Waals surface area contributed by atoms with E-state index in [2.05, 4.69) is 38.5 Å². The highest BCUT2D eigenvalue weighted by Gasteiger charge is 2.21. The van der Waals surface area contributed by atoms with Crippen LogP contribution in [0.5, 0.6) is 0 Å². The Hall–Kier alpha value is -0.270. The van der Waals surface area contributed by atoms with Crippen molar-refractivity contribution in [1.29, 1.82) is 0 Å². The average Bonchev–Trinajstić information content (AvgIpc) is 2.31. The summed E-state index contributed by atoms with van der Waals surface area (Å²) in [6.45, 7) is 0. The highest BCUT2D eigenvalue weighted by Crippen LogP contribution is 2.36. The fourth-order valence-electron chi connectivity index (χ4n) is 1.63. The minimum atomic E-state index is -0.945. The normalized spacial score (nSPS) is 12.5. The molecular weight excluding hydrogens is 455 g/mol. The molecule has 0 N–H and O–H groups in total. The van der Waals surface area contributed by atoms with Crippen molar-refractivity contribution in [3.63, 3.8) is 0 Å². The van der Waals surface area contributed by atoms with Gasteiger partial charge >= 0.3 is 0 Å². The SMILES string of the molecule is Fc1cc(F)c(C(Br)c2ccc(I)c(Cl)c2)c(F)c1. The molecule has 2 aromatic carbocycles. The van der Waals surface area contributed by atoms with Crippen LogP contribution in [-0.4, -0.2) is 0 Å². The maximum absolute atomic E-state index is 13.7. The Bertz CT molecular complexity index is 610. The first-order valence-electron chi connectivity index (χ1n) is 5.13. The zero-order valence-corrected chi connectivity index (χ0v) is 13.7. The molecule has 0 nitrogen and oxygen atoms in total. The summed E-state index contributed by atoms with van der Waals surface area (Å²) in [6, 6.07) is 6.37. The largest absolute Gasteiger partial charge is 0.207 e. The lowest BCUT2D eigenvalue weighted by Crippen LogP contribution is -2.02. The van der Waals surface area contributed by atoms with Gasteiger partial charge in [-0.1, -0.05) is 33.6 Å². The van der Waals surface area contributed by atoms with E-state index in [0.29, 0.717) is 22.7 Å². The lowest BCUT2D eigenvalue weighted by Gasteiger charge is -2.13. The second-order valence-corrected chi connectivity index (χ2v) is 6.30. The van der Waals surface area contributed by atoms with Crippen LogP contribution in [0.1, 0.15) is 16.0 Å². The van der Waals surface area contributed by atoms with Crippen molar-refractivity contribution in [3.05, 3.63) is 67.5 Å². The van der Waals surface area contributed by atoms with Crippen molar-refractivity contribution < 1.29 is 13.2 Å². The number of benzene rings is 2. The van der Waals surface area contributed by atoms with E-state index in [9.17, 15) is 13.2 Å². The molecule has 0 saturated heterocycles. The van der Waals surface area contributed by atoms with Crippen molar-refractivity contribution in [2.24, 2.45) is 0 Å². The van der Waals surface area contributed by atoms with E-state index in [1.54, 1.807) is 18.2 Å². The first-order valence-corrected chi connectivity index (χ1v) is 7.51. The van der Waals surface area contributed by atoms with Crippen molar-refractivity contribution >= 4 is 50.1 Å². The third kappa shape index (κ3) is 3.25. The summed E-state index contributed by atoms with van der Waals surface area (Å²) in [6.07, 6.45) is 0. The third-order valence-corrected chi connectivity index (χ3v) is 5.09. The molecule has 0 aliphatic carbocycles. The van der Waals surface area contributed by atoms with Crippen LogP contribution in [0.25, 0.3) is 0 Å². The monoisotopic (exact) mass is 460 g/mol. The zero-order chi connectivity index (χ0) is 14.2. The third-order valence-electron chi connectivity index (χ3n) is 2.53. The van der Waals surface area contributed by atoms with Gasteiger partial charge in [-0.15, -0.1) is 0 Å². The van der Waals surface area contributed by atoms with Crippen LogP contribution in [0.2, 0.25) is 5.02 Å². The predicted octanol–water partition coefficient (Wildman–Crippen LogP) is 5.85. The van der Waals surface area contributed by atoms with E-state index in [-0.39, 0.29) is 5.56 Å². The van der Waals surface area contributed by atoms with Crippen LogP contribution in [0.3, 0.4) is 0 Å². The number of hydrogen-bond donors (Lipinski definition) is 0. The molecule has 2 rings (SSSR count). The molecule has 6 heteroatoms. The smallest absolute Gasteiger partial charge is 0.133 e. The lowest BCUT2D eigenvalue weighted by atomic mass is 10.0. The maximum Gasteiger partial charge on any atom is 0.133 e. The van der Waals surface area contributed by atoms with Gasteiger partial charge in [-0.2, -0.15) is 0 Å². The molecule has 0 radical (unpaired) electrons. The molecule has 0 aliphatic heterocycles. The second-order valence-electron chi connectivity index (χ2n) is 3.82. The molecule has 1 atom stereocenters. The molecule has 0 spiro atoms. The summed E-state index contributed by atoms with van der Waals surface area (Å²) in [4.78, 5) is -0.734. The Kier molecular flexibility index (Phi) is 4.79. The van der Waals surface area contributed by atoms with E-state index in [4.69, 9.17) is 11.6 Å². The fourth-order valence-corrected chi connectivity index (χ4v) is 2.88. The van der Waals surface area contributed by atoms with Gasteiger partial charge in [0.05, 0.1) is 9.85 Å². The van der Waals surface area contributed by atoms with E-state index in [1.807, 2.05) is 0 Å². The summed E-state index contributed by atoms with van der Waals surface area (Å²) in [5, 5.41) is 0.491. The molecule has 2 aromatic rings. The van der Waals surface area contributed by atoms with Crippen LogP contribution in [-0.2, 0) is 0 Å². The maximum atomic E-state index is 13.7. The molecule has 0 aliphatic rings. The van der Waals surface area contributed by atoms with Gasteiger partial charge in [0, 0.05) is 21.3 Å². The molecule has 0 fully saturated rings. The van der Waals surface area contributed by atoms with Crippen LogP contribution >= 0.6 is 50.1 Å². The Balaban J connectivity index is 2.49. The van der Waals surface area contributed by atoms with Gasteiger partial charge < -0.3 is 0 Å². The average molecular weight is 461 g/mol. The second kappa shape index (κ2) is 6.01. The van der Waals surface area contributed by atoms with E-state index < -0.39 is 22.3 Å². The van der Waals surface area contributed by atoms with Gasteiger partial charge in [0.1, 0.15) is 17.5 Å². The van der Waals surface area contributed by atoms with Crippen LogP contribution in [0.4, 0.5) is 13.2 Å². The predicted molar refractivity (Wildman–Crippen MR) is 81.3 cm³/mol. The summed E-state index contributed by atoms with van der Waals surface area (Å²) < 4.78 is 41.1. The molecular formula is C13H6BrClF3I. The quantitative estimate of drug-likeness (QED) is 0.389. The molecule has 0 amide bonds. The van der Waals surface area contributed by atoms with E-state index in [1.165, 1.54) is 0 Å². The van der Waals surface area contributed by atoms with Crippen molar-refractivity contribution in [2.45, 2.75) is 4.83 Å². The summed E-state index contributed by atoms with van der Waals surface area (Å²) in [5.74, 6) is -2.82. The molecule has 0 aromatic heterocycles. The molecule has 0 heterocycles. The van der Waals surface area contributed by atoms with Crippen LogP contribution in [0, 0.1) is 21.0 Å². The van der Waals surface area contributed by atoms with Crippen molar-refractivity contribution in [2.75, 3.05) is 0 Å². The number of rotatable bonds is 2. The summed E-state index contributed by atoms with van der Waals surface area (Å²) >= 11 is 11.2. The van der Waals surface area contributed by atoms with Crippen molar-refractivity contribution in [3.8, 4) is 0 Å². The van der Waals surface area contributed by atoms with Gasteiger partial charge in [0.2, 0.25) is 0 Å². The number of hydrogen-bond acceptors (Lipinski definition) is 0. The standard InChI is InChI=1S/C13H6BrClF3I/c14-13(6-1-2-11(19)8(15)3-6)12-9(17)4-7(16)5-10(12)18/h1-5,13H. The minimum absolute atomic E-state index is 0.237. The first kappa shape index (κ1) is 15.1. The topological polar surface area (TPSA) is 0 Å². The van der Waals surface area contributed by atoms with Gasteiger partial charge in [-0.25, -0.2) is 13.2 Å². The molecule has 0 saturated carbocycles. The minimum Gasteiger partial charge on any atom is -0.207 e. The zero-order valence-electron chi connectivity index (χ0n) is 9.23. The van der Waals surface area contributed by atoms with E-state index >= 15 is 0 Å². The first-order chi connectivity index (χ1) is 8.90. The Morgan fingerprint density at radius 3 is 2.16 bits per heavy atom. The fraction of sp³-hybridized carbons (Fsp3) is 0.0769. The van der Waals surface area contributed by atoms with Gasteiger partial charge in [-0.3, -0.25) is 0 Å². The Morgan fingerprint density at radius 2 is 1.63 bits per heavy atom. The number of halogens is 6. The van der Waals surface area contributed by atoms with Crippen LogP contribution < -0.4 is 0 Å². The molecule has 19 heavy (non-hydrogen) atoms. The molecule has 1 unspecified atom stereocenters. The summed E-state index contributed by atoms with van der Waals surface area (Å²) in [7, 11) is 0. The Morgan fingerprint density at radius 1 is 1.05 bits per heavy atom. The molecule has 100 valence electrons. The Labute approximate surface area is 135 Å². The van der Waals surface area contributed by atoms with Gasteiger partial charge in [0.25, 0.3) is 0 Å². The van der Waals surface area contributed by atoms with Crippen molar-refractivity contribution in [1.82, 2.24) is 0 Å². The summed E-state index contributed by atoms with van der Waals surface area (Å²) in [5.41, 5.74) is 0.355. The highest BCUT2D eigenvalue weighted by molar-refractivity contribution is 14.1. The number of alkyl halides is 1. The van der Waals surface area contributed by atoms with Gasteiger partial charge in [0.15, 0.2) is 0 Å². The van der Waals surface area contributed by atoms with E-state index in [0.717, 1.165) is 3.57 Å². The van der Waals surface area contributed by atoms with Gasteiger partial charge in [-0.05, 0) is 40.3 Å². The lowest BCUT2D eigenvalue weighted by molar-refractivity contribution is 0.527. The highest BCUT2D eigenvalue weighted by atomic mass is 127. The molecule has 0 bridgehead atoms. The van der Waals surface area contributed by atoms with Crippen LogP contribution in [0.15, 0.2) is 30.3 Å².